The van der Waals surface area contributed by atoms with Gasteiger partial charge < -0.3 is 9.84 Å². The average Bonchev–Trinajstić information content (AvgIpc) is 2.29. The van der Waals surface area contributed by atoms with Crippen LogP contribution in [0.3, 0.4) is 0 Å². The molecule has 0 aromatic rings. The van der Waals surface area contributed by atoms with E-state index >= 15 is 0 Å². The normalized spacial score (nSPS) is 17.4. The van der Waals surface area contributed by atoms with E-state index in [4.69, 9.17) is 9.84 Å². The third kappa shape index (κ3) is 5.07. The van der Waals surface area contributed by atoms with Crippen LogP contribution in [0, 0.1) is 5.41 Å². The zero-order valence-electron chi connectivity index (χ0n) is 11.4. The number of carboxylic acids is 1. The molecule has 4 nitrogen and oxygen atoms in total. The van der Waals surface area contributed by atoms with Gasteiger partial charge in [-0.15, -0.1) is 0 Å². The molecule has 1 saturated carbocycles. The predicted octanol–water partition coefficient (Wildman–Crippen LogP) is 3.14. The van der Waals surface area contributed by atoms with Crippen molar-refractivity contribution in [2.45, 2.75) is 71.3 Å². The Labute approximate surface area is 109 Å². The molecule has 0 heterocycles. The molecule has 18 heavy (non-hydrogen) atoms. The molecule has 104 valence electrons. The zero-order valence-corrected chi connectivity index (χ0v) is 11.4. The first-order chi connectivity index (χ1) is 8.42. The first kappa shape index (κ1) is 15.0. The molecule has 1 fully saturated rings. The Morgan fingerprint density at radius 3 is 2.39 bits per heavy atom. The molecule has 0 atom stereocenters. The van der Waals surface area contributed by atoms with E-state index in [1.54, 1.807) is 0 Å². The van der Waals surface area contributed by atoms with Crippen molar-refractivity contribution in [1.29, 1.82) is 0 Å². The topological polar surface area (TPSA) is 63.6 Å². The summed E-state index contributed by atoms with van der Waals surface area (Å²) in [5.74, 6) is -0.994. The van der Waals surface area contributed by atoms with E-state index in [2.05, 4.69) is 0 Å². The number of hydrogen-bond donors (Lipinski definition) is 1. The van der Waals surface area contributed by atoms with Gasteiger partial charge in [0.1, 0.15) is 6.10 Å². The van der Waals surface area contributed by atoms with E-state index in [1.807, 2.05) is 13.8 Å². The van der Waals surface area contributed by atoms with E-state index < -0.39 is 11.4 Å². The summed E-state index contributed by atoms with van der Waals surface area (Å²) in [4.78, 5) is 22.5. The van der Waals surface area contributed by atoms with Crippen molar-refractivity contribution in [2.24, 2.45) is 5.41 Å². The highest BCUT2D eigenvalue weighted by Gasteiger charge is 2.31. The van der Waals surface area contributed by atoms with Crippen LogP contribution in [0.15, 0.2) is 0 Å². The van der Waals surface area contributed by atoms with Crippen molar-refractivity contribution in [3.05, 3.63) is 0 Å². The molecule has 0 aromatic carbocycles. The van der Waals surface area contributed by atoms with Crippen LogP contribution in [0.2, 0.25) is 0 Å². The highest BCUT2D eigenvalue weighted by Crippen LogP contribution is 2.28. The Balaban J connectivity index is 2.35. The molecular formula is C14H24O4. The minimum Gasteiger partial charge on any atom is -0.481 e. The van der Waals surface area contributed by atoms with Crippen LogP contribution in [0.5, 0.6) is 0 Å². The van der Waals surface area contributed by atoms with Gasteiger partial charge >= 0.3 is 11.9 Å². The molecular weight excluding hydrogens is 232 g/mol. The van der Waals surface area contributed by atoms with Crippen LogP contribution in [0.25, 0.3) is 0 Å². The lowest BCUT2D eigenvalue weighted by Crippen LogP contribution is -2.31. The molecule has 0 amide bonds. The van der Waals surface area contributed by atoms with Gasteiger partial charge in [0.25, 0.3) is 0 Å². The number of esters is 1. The Bertz CT molecular complexity index is 290. The quantitative estimate of drug-likeness (QED) is 0.741. The number of aliphatic carboxylic acids is 1. The van der Waals surface area contributed by atoms with Crippen LogP contribution >= 0.6 is 0 Å². The molecule has 1 aliphatic carbocycles. The van der Waals surface area contributed by atoms with Gasteiger partial charge in [0, 0.05) is 6.42 Å². The fraction of sp³-hybridized carbons (Fsp3) is 0.857. The Hall–Kier alpha value is -1.06. The van der Waals surface area contributed by atoms with Gasteiger partial charge in [-0.1, -0.05) is 6.42 Å². The lowest BCUT2D eigenvalue weighted by molar-refractivity contribution is -0.161. The van der Waals surface area contributed by atoms with Crippen LogP contribution < -0.4 is 0 Å². The standard InChI is InChI=1S/C14H24O4/c1-14(2,10-6-9-12(15)16)13(17)18-11-7-4-3-5-8-11/h11H,3-10H2,1-2H3,(H,15,16). The first-order valence-corrected chi connectivity index (χ1v) is 6.85. The minimum absolute atomic E-state index is 0.0741. The van der Waals surface area contributed by atoms with Crippen LogP contribution in [-0.4, -0.2) is 23.1 Å². The third-order valence-electron chi connectivity index (χ3n) is 3.57. The van der Waals surface area contributed by atoms with E-state index in [0.29, 0.717) is 12.8 Å². The maximum Gasteiger partial charge on any atom is 0.311 e. The molecule has 1 rings (SSSR count). The zero-order chi connectivity index (χ0) is 13.6. The van der Waals surface area contributed by atoms with E-state index in [0.717, 1.165) is 25.7 Å². The second-order valence-corrected chi connectivity index (χ2v) is 5.80. The second-order valence-electron chi connectivity index (χ2n) is 5.80. The maximum atomic E-state index is 12.0. The smallest absolute Gasteiger partial charge is 0.311 e. The molecule has 4 heteroatoms. The van der Waals surface area contributed by atoms with E-state index in [1.165, 1.54) is 6.42 Å². The summed E-state index contributed by atoms with van der Waals surface area (Å²) in [5.41, 5.74) is -0.576. The summed E-state index contributed by atoms with van der Waals surface area (Å²) in [6.07, 6.45) is 6.70. The van der Waals surface area contributed by atoms with Crippen molar-refractivity contribution in [3.63, 3.8) is 0 Å². The van der Waals surface area contributed by atoms with Gasteiger partial charge in [-0.05, 0) is 52.4 Å². The summed E-state index contributed by atoms with van der Waals surface area (Å²) >= 11 is 0. The number of ether oxygens (including phenoxy) is 1. The van der Waals surface area contributed by atoms with Gasteiger partial charge in [0.15, 0.2) is 0 Å². The van der Waals surface area contributed by atoms with Crippen LogP contribution in [-0.2, 0) is 14.3 Å². The lowest BCUT2D eigenvalue weighted by Gasteiger charge is -2.28. The number of carbonyl (C=O) groups is 2. The predicted molar refractivity (Wildman–Crippen MR) is 68.2 cm³/mol. The fourth-order valence-corrected chi connectivity index (χ4v) is 2.28. The van der Waals surface area contributed by atoms with Crippen LogP contribution in [0.1, 0.15) is 65.2 Å². The second kappa shape index (κ2) is 6.76. The largest absolute Gasteiger partial charge is 0.481 e. The fourth-order valence-electron chi connectivity index (χ4n) is 2.28. The van der Waals surface area contributed by atoms with Gasteiger partial charge in [0.2, 0.25) is 0 Å². The Kier molecular flexibility index (Phi) is 5.63. The highest BCUT2D eigenvalue weighted by atomic mass is 16.5. The molecule has 1 N–H and O–H groups in total. The van der Waals surface area contributed by atoms with Crippen molar-refractivity contribution in [2.75, 3.05) is 0 Å². The van der Waals surface area contributed by atoms with Gasteiger partial charge in [-0.3, -0.25) is 9.59 Å². The number of carbonyl (C=O) groups excluding carboxylic acids is 1. The SMILES string of the molecule is CC(C)(CCCC(=O)O)C(=O)OC1CCCCC1. The number of hydrogen-bond acceptors (Lipinski definition) is 3. The summed E-state index contributed by atoms with van der Waals surface area (Å²) in [6.45, 7) is 3.67. The molecule has 0 bridgehead atoms. The summed E-state index contributed by atoms with van der Waals surface area (Å²) in [6, 6.07) is 0. The average molecular weight is 256 g/mol. The summed E-state index contributed by atoms with van der Waals surface area (Å²) < 4.78 is 5.53. The number of rotatable bonds is 6. The third-order valence-corrected chi connectivity index (χ3v) is 3.57. The summed E-state index contributed by atoms with van der Waals surface area (Å²) in [5, 5.41) is 8.59. The Morgan fingerprint density at radius 1 is 1.22 bits per heavy atom. The molecule has 0 unspecified atom stereocenters. The molecule has 0 saturated heterocycles. The van der Waals surface area contributed by atoms with Gasteiger partial charge in [0.05, 0.1) is 5.41 Å². The molecule has 0 radical (unpaired) electrons. The lowest BCUT2D eigenvalue weighted by atomic mass is 9.87. The van der Waals surface area contributed by atoms with Crippen molar-refractivity contribution in [3.8, 4) is 0 Å². The van der Waals surface area contributed by atoms with Gasteiger partial charge in [-0.25, -0.2) is 0 Å². The van der Waals surface area contributed by atoms with E-state index in [-0.39, 0.29) is 18.5 Å². The number of carboxylic acid groups (broad SMARTS) is 1. The molecule has 1 aliphatic rings. The van der Waals surface area contributed by atoms with Crippen LogP contribution in [0.4, 0.5) is 0 Å². The van der Waals surface area contributed by atoms with Crippen molar-refractivity contribution in [1.82, 2.24) is 0 Å². The van der Waals surface area contributed by atoms with Crippen molar-refractivity contribution < 1.29 is 19.4 Å². The van der Waals surface area contributed by atoms with E-state index in [9.17, 15) is 9.59 Å². The summed E-state index contributed by atoms with van der Waals surface area (Å²) in [7, 11) is 0. The minimum atomic E-state index is -0.813. The maximum absolute atomic E-state index is 12.0. The molecule has 0 aromatic heterocycles. The first-order valence-electron chi connectivity index (χ1n) is 6.85. The molecule has 0 aliphatic heterocycles. The monoisotopic (exact) mass is 256 g/mol. The highest BCUT2D eigenvalue weighted by molar-refractivity contribution is 5.76. The Morgan fingerprint density at radius 2 is 1.83 bits per heavy atom. The van der Waals surface area contributed by atoms with Crippen molar-refractivity contribution >= 4 is 11.9 Å². The van der Waals surface area contributed by atoms with Gasteiger partial charge in [-0.2, -0.15) is 0 Å². The molecule has 0 spiro atoms.